The first-order chi connectivity index (χ1) is 31.6. The maximum Gasteiger partial charge on any atom is 0.0651 e. The van der Waals surface area contributed by atoms with Gasteiger partial charge in [0.05, 0.1) is 11.0 Å². The molecule has 10 rings (SSSR count). The molecule has 0 heterocycles. The van der Waals surface area contributed by atoms with Gasteiger partial charge in [0.25, 0.3) is 0 Å². The number of anilines is 3. The Balaban J connectivity index is 1.26. The van der Waals surface area contributed by atoms with Gasteiger partial charge < -0.3 is 4.90 Å². The molecule has 10 aromatic rings. The zero-order valence-electron chi connectivity index (χ0n) is 38.8. The first kappa shape index (κ1) is 26.3. The first-order valence-corrected chi connectivity index (χ1v) is 19.0. The molecule has 0 spiro atoms. The summed E-state index contributed by atoms with van der Waals surface area (Å²) in [5, 5.41) is 3.53. The summed E-state index contributed by atoms with van der Waals surface area (Å²) in [6.45, 7) is 0. The lowest BCUT2D eigenvalue weighted by atomic mass is 9.84. The fourth-order valence-corrected chi connectivity index (χ4v) is 7.70. The summed E-state index contributed by atoms with van der Waals surface area (Å²) in [4.78, 5) is 1.40. The molecule has 1 heteroatoms. The van der Waals surface area contributed by atoms with E-state index in [0.717, 1.165) is 54.9 Å². The molecule has 0 unspecified atom stereocenters. The van der Waals surface area contributed by atoms with Crippen LogP contribution in [-0.4, -0.2) is 0 Å². The zero-order valence-corrected chi connectivity index (χ0v) is 30.8. The van der Waals surface area contributed by atoms with Crippen molar-refractivity contribution >= 4 is 38.6 Å². The summed E-state index contributed by atoms with van der Waals surface area (Å²) >= 11 is 0. The van der Waals surface area contributed by atoms with Gasteiger partial charge in [0.2, 0.25) is 0 Å². The van der Waals surface area contributed by atoms with Crippen LogP contribution in [-0.2, 0) is 0 Å². The molecule has 0 amide bonds. The minimum atomic E-state index is -0.450. The van der Waals surface area contributed by atoms with Crippen molar-refractivity contribution in [2.45, 2.75) is 0 Å². The van der Waals surface area contributed by atoms with E-state index in [4.69, 9.17) is 2.74 Å². The smallest absolute Gasteiger partial charge is 0.0651 e. The summed E-state index contributed by atoms with van der Waals surface area (Å²) in [5.74, 6) is 0. The number of benzene rings is 10. The summed E-state index contributed by atoms with van der Waals surface area (Å²) in [6, 6.07) is 57.2. The average Bonchev–Trinajstić information content (AvgIpc) is 3.36. The van der Waals surface area contributed by atoms with Gasteiger partial charge in [-0.1, -0.05) is 200 Å². The third kappa shape index (κ3) is 6.56. The molecule has 0 radical (unpaired) electrons. The van der Waals surface area contributed by atoms with Crippen molar-refractivity contribution < 1.29 is 11.0 Å². The number of nitrogens with zero attached hydrogens (tertiary/aromatic N) is 1. The second-order valence-electron chi connectivity index (χ2n) is 13.8. The predicted molar refractivity (Wildman–Crippen MR) is 243 cm³/mol. The molecule has 0 aliphatic carbocycles. The van der Waals surface area contributed by atoms with Crippen molar-refractivity contribution in [3.05, 3.63) is 236 Å². The molecule has 0 saturated heterocycles. The minimum absolute atomic E-state index is 0.108. The van der Waals surface area contributed by atoms with Crippen molar-refractivity contribution in [1.82, 2.24) is 0 Å². The second-order valence-corrected chi connectivity index (χ2v) is 13.8. The Hall–Kier alpha value is -7.48. The molecule has 0 aromatic heterocycles. The summed E-state index contributed by atoms with van der Waals surface area (Å²) in [5.41, 5.74) is 6.83. The van der Waals surface area contributed by atoms with E-state index < -0.39 is 24.2 Å². The quantitative estimate of drug-likeness (QED) is 0.141. The number of fused-ring (bicyclic) bond motifs is 3. The van der Waals surface area contributed by atoms with Crippen molar-refractivity contribution in [3.63, 3.8) is 0 Å². The molecule has 0 bridgehead atoms. The Morgan fingerprint density at radius 1 is 0.263 bits per heavy atom. The Morgan fingerprint density at radius 3 is 1.19 bits per heavy atom. The fraction of sp³-hybridized carbons (Fsp3) is 0. The van der Waals surface area contributed by atoms with Crippen molar-refractivity contribution in [2.24, 2.45) is 0 Å². The first-order valence-electron chi connectivity index (χ1n) is 23.0. The molecular weight excluding hydrogens is 687 g/mol. The molecule has 1 nitrogen and oxygen atoms in total. The monoisotopic (exact) mass is 733 g/mol. The SMILES string of the molecule is [2H]c1c([2H])c(-c2ccccc2)c([2H])c(N(c2ccc(-c3ccccc3)cc2)c2c([2H])c([2H])c(-c3c(-c4ccc(-c5ccccc5)cc4)c4ccccc4c4ccccc34)c([2H])c2[2H])c1[2H]. The second kappa shape index (κ2) is 15.0. The fourth-order valence-electron chi connectivity index (χ4n) is 7.70. The Morgan fingerprint density at radius 2 is 0.667 bits per heavy atom. The van der Waals surface area contributed by atoms with Gasteiger partial charge in [0.1, 0.15) is 0 Å². The summed E-state index contributed by atoms with van der Waals surface area (Å²) in [7, 11) is 0. The van der Waals surface area contributed by atoms with Crippen LogP contribution >= 0.6 is 0 Å². The maximum atomic E-state index is 9.95. The highest BCUT2D eigenvalue weighted by Gasteiger charge is 2.19. The van der Waals surface area contributed by atoms with Gasteiger partial charge in [-0.25, -0.2) is 0 Å². The maximum absolute atomic E-state index is 9.95. The van der Waals surface area contributed by atoms with Gasteiger partial charge in [0.15, 0.2) is 0 Å². The van der Waals surface area contributed by atoms with Crippen LogP contribution in [0.25, 0.3) is 77.2 Å². The topological polar surface area (TPSA) is 3.24 Å². The lowest BCUT2D eigenvalue weighted by molar-refractivity contribution is 1.28. The highest BCUT2D eigenvalue weighted by Crippen LogP contribution is 2.46. The Labute approximate surface area is 345 Å². The molecule has 0 aliphatic rings. The van der Waals surface area contributed by atoms with E-state index in [1.165, 1.54) is 4.90 Å². The predicted octanol–water partition coefficient (Wildman–Crippen LogP) is 15.8. The van der Waals surface area contributed by atoms with Crippen LogP contribution in [0.3, 0.4) is 0 Å². The van der Waals surface area contributed by atoms with Crippen molar-refractivity contribution in [3.8, 4) is 55.6 Å². The lowest BCUT2D eigenvalue weighted by Gasteiger charge is -2.27. The van der Waals surface area contributed by atoms with Gasteiger partial charge in [-0.2, -0.15) is 0 Å². The lowest BCUT2D eigenvalue weighted by Crippen LogP contribution is -2.10. The Kier molecular flexibility index (Phi) is 6.92. The molecular formula is C56H39N. The van der Waals surface area contributed by atoms with Crippen LogP contribution in [0.1, 0.15) is 11.0 Å². The van der Waals surface area contributed by atoms with Crippen LogP contribution in [0.15, 0.2) is 236 Å². The third-order valence-corrected chi connectivity index (χ3v) is 10.4. The molecule has 57 heavy (non-hydrogen) atoms. The molecule has 0 aliphatic heterocycles. The number of rotatable bonds is 8. The normalized spacial score (nSPS) is 13.1. The van der Waals surface area contributed by atoms with E-state index in [9.17, 15) is 8.22 Å². The molecule has 10 aromatic carbocycles. The molecule has 0 atom stereocenters. The number of hydrogen-bond donors (Lipinski definition) is 0. The van der Waals surface area contributed by atoms with Crippen LogP contribution in [0.2, 0.25) is 0 Å². The highest BCUT2D eigenvalue weighted by molar-refractivity contribution is 6.21. The van der Waals surface area contributed by atoms with Crippen LogP contribution in [0, 0.1) is 0 Å². The Bertz CT molecular complexity index is 3400. The third-order valence-electron chi connectivity index (χ3n) is 10.4. The highest BCUT2D eigenvalue weighted by atomic mass is 15.1. The largest absolute Gasteiger partial charge is 0.310 e. The van der Waals surface area contributed by atoms with E-state index in [-0.39, 0.29) is 46.7 Å². The zero-order chi connectivity index (χ0) is 44.9. The van der Waals surface area contributed by atoms with E-state index in [1.54, 1.807) is 36.4 Å². The van der Waals surface area contributed by atoms with Gasteiger partial charge in [0, 0.05) is 17.1 Å². The molecule has 0 N–H and O–H groups in total. The van der Waals surface area contributed by atoms with Gasteiger partial charge in [-0.05, 0) is 113 Å². The minimum Gasteiger partial charge on any atom is -0.310 e. The van der Waals surface area contributed by atoms with Gasteiger partial charge >= 0.3 is 0 Å². The van der Waals surface area contributed by atoms with Gasteiger partial charge in [-0.15, -0.1) is 0 Å². The molecule has 0 saturated carbocycles. The van der Waals surface area contributed by atoms with Crippen LogP contribution in [0.4, 0.5) is 17.1 Å². The summed E-state index contributed by atoms with van der Waals surface area (Å²) in [6.07, 6.45) is 0. The average molecular weight is 734 g/mol. The van der Waals surface area contributed by atoms with E-state index >= 15 is 0 Å². The van der Waals surface area contributed by atoms with Gasteiger partial charge in [-0.3, -0.25) is 0 Å². The van der Waals surface area contributed by atoms with E-state index in [0.29, 0.717) is 16.8 Å². The standard InChI is InChI=1S/C56H39N/c1-4-15-40(16-5-1)43-27-29-45(30-28-43)55-53-25-12-10-23-51(53)52-24-11-13-26-54(52)56(55)46-33-37-49(38-34-46)57(48-35-31-44(32-36-48)41-17-6-2-7-18-41)50-22-14-21-47(39-50)42-19-8-3-9-20-42/h1-39H/i14D,21D,22D,33D,34D,37D,38D,39D. The van der Waals surface area contributed by atoms with Crippen molar-refractivity contribution in [2.75, 3.05) is 4.90 Å². The van der Waals surface area contributed by atoms with Crippen molar-refractivity contribution in [1.29, 1.82) is 0 Å². The number of hydrogen-bond acceptors (Lipinski definition) is 1. The van der Waals surface area contributed by atoms with E-state index in [1.807, 2.05) is 121 Å². The summed E-state index contributed by atoms with van der Waals surface area (Å²) < 4.78 is 76.7. The van der Waals surface area contributed by atoms with E-state index in [2.05, 4.69) is 30.3 Å². The molecule has 0 fully saturated rings. The molecule has 268 valence electrons. The van der Waals surface area contributed by atoms with Crippen LogP contribution < -0.4 is 4.90 Å². The van der Waals surface area contributed by atoms with Crippen LogP contribution in [0.5, 0.6) is 0 Å².